The Labute approximate surface area is 162 Å². The standard InChI is InChI=1S/C19H16ClN3O3S/c1-23(15-7-3-2-4-8-15)27(25,26)17-13-14(10-11-16(17)20)19(24)22-18-9-5-6-12-21-18/h2-13H,1H3,(H,21,22,24). The summed E-state index contributed by atoms with van der Waals surface area (Å²) >= 11 is 6.13. The predicted octanol–water partition coefficient (Wildman–Crippen LogP) is 3.81. The number of carbonyl (C=O) groups excluding carboxylic acids is 1. The van der Waals surface area contributed by atoms with Gasteiger partial charge in [-0.2, -0.15) is 0 Å². The van der Waals surface area contributed by atoms with E-state index in [1.165, 1.54) is 25.2 Å². The van der Waals surface area contributed by atoms with Crippen LogP contribution in [0, 0.1) is 0 Å². The van der Waals surface area contributed by atoms with Crippen LogP contribution >= 0.6 is 11.6 Å². The van der Waals surface area contributed by atoms with Gasteiger partial charge in [-0.1, -0.05) is 35.9 Å². The summed E-state index contributed by atoms with van der Waals surface area (Å²) in [5, 5.41) is 2.65. The number of carbonyl (C=O) groups is 1. The molecule has 0 unspecified atom stereocenters. The van der Waals surface area contributed by atoms with Gasteiger partial charge in [0.2, 0.25) is 0 Å². The van der Waals surface area contributed by atoms with Gasteiger partial charge in [-0.3, -0.25) is 9.10 Å². The van der Waals surface area contributed by atoms with Gasteiger partial charge in [0.1, 0.15) is 10.7 Å². The monoisotopic (exact) mass is 401 g/mol. The molecule has 1 N–H and O–H groups in total. The average molecular weight is 402 g/mol. The van der Waals surface area contributed by atoms with Gasteiger partial charge in [-0.05, 0) is 42.5 Å². The van der Waals surface area contributed by atoms with Crippen molar-refractivity contribution in [2.75, 3.05) is 16.7 Å². The number of anilines is 2. The summed E-state index contributed by atoms with van der Waals surface area (Å²) in [7, 11) is -2.51. The Hall–Kier alpha value is -2.90. The van der Waals surface area contributed by atoms with Crippen LogP contribution in [0.3, 0.4) is 0 Å². The fourth-order valence-corrected chi connectivity index (χ4v) is 4.09. The summed E-state index contributed by atoms with van der Waals surface area (Å²) < 4.78 is 27.1. The molecule has 0 aliphatic rings. The minimum atomic E-state index is -3.95. The Morgan fingerprint density at radius 3 is 2.41 bits per heavy atom. The van der Waals surface area contributed by atoms with Crippen LogP contribution in [0.25, 0.3) is 0 Å². The molecule has 1 heterocycles. The first kappa shape index (κ1) is 18.9. The van der Waals surface area contributed by atoms with Crippen molar-refractivity contribution >= 4 is 39.0 Å². The number of hydrogen-bond donors (Lipinski definition) is 1. The number of nitrogens with one attached hydrogen (secondary N) is 1. The fourth-order valence-electron chi connectivity index (χ4n) is 2.39. The highest BCUT2D eigenvalue weighted by Gasteiger charge is 2.25. The number of nitrogens with zero attached hydrogens (tertiary/aromatic N) is 2. The number of pyridine rings is 1. The highest BCUT2D eigenvalue weighted by Crippen LogP contribution is 2.28. The summed E-state index contributed by atoms with van der Waals surface area (Å²) in [6, 6.07) is 17.8. The maximum Gasteiger partial charge on any atom is 0.265 e. The highest BCUT2D eigenvalue weighted by atomic mass is 35.5. The van der Waals surface area contributed by atoms with Gasteiger partial charge in [0.15, 0.2) is 0 Å². The van der Waals surface area contributed by atoms with Crippen LogP contribution in [-0.2, 0) is 10.0 Å². The normalized spacial score (nSPS) is 11.0. The van der Waals surface area contributed by atoms with Gasteiger partial charge in [-0.25, -0.2) is 13.4 Å². The second-order valence-electron chi connectivity index (χ2n) is 5.62. The van der Waals surface area contributed by atoms with E-state index in [9.17, 15) is 13.2 Å². The number of sulfonamides is 1. The molecule has 0 fully saturated rings. The highest BCUT2D eigenvalue weighted by molar-refractivity contribution is 7.93. The molecule has 6 nitrogen and oxygen atoms in total. The Kier molecular flexibility index (Phi) is 5.43. The van der Waals surface area contributed by atoms with Gasteiger partial charge in [0.25, 0.3) is 15.9 Å². The molecule has 2 aromatic carbocycles. The third-order valence-electron chi connectivity index (χ3n) is 3.86. The van der Waals surface area contributed by atoms with Crippen LogP contribution in [0.1, 0.15) is 10.4 Å². The smallest absolute Gasteiger partial charge is 0.265 e. The second kappa shape index (κ2) is 7.77. The Morgan fingerprint density at radius 2 is 1.74 bits per heavy atom. The van der Waals surface area contributed by atoms with Crippen molar-refractivity contribution < 1.29 is 13.2 Å². The first-order valence-electron chi connectivity index (χ1n) is 7.95. The third kappa shape index (κ3) is 4.10. The molecule has 0 aliphatic heterocycles. The first-order valence-corrected chi connectivity index (χ1v) is 9.77. The van der Waals surface area contributed by atoms with Crippen molar-refractivity contribution in [1.29, 1.82) is 0 Å². The van der Waals surface area contributed by atoms with E-state index in [-0.39, 0.29) is 15.5 Å². The summed E-state index contributed by atoms with van der Waals surface area (Å²) in [5.74, 6) is -0.118. The molecule has 0 bridgehead atoms. The van der Waals surface area contributed by atoms with E-state index in [0.29, 0.717) is 11.5 Å². The molecule has 0 spiro atoms. The van der Waals surface area contributed by atoms with E-state index in [4.69, 9.17) is 11.6 Å². The van der Waals surface area contributed by atoms with Crippen molar-refractivity contribution in [1.82, 2.24) is 4.98 Å². The van der Waals surface area contributed by atoms with Gasteiger partial charge in [-0.15, -0.1) is 0 Å². The summed E-state index contributed by atoms with van der Waals surface area (Å²) in [6.07, 6.45) is 1.54. The molecule has 0 radical (unpaired) electrons. The molecule has 0 saturated heterocycles. The lowest BCUT2D eigenvalue weighted by Gasteiger charge is -2.20. The van der Waals surface area contributed by atoms with Gasteiger partial charge in [0, 0.05) is 18.8 Å². The molecule has 8 heteroatoms. The number of benzene rings is 2. The molecule has 0 aliphatic carbocycles. The second-order valence-corrected chi connectivity index (χ2v) is 7.97. The van der Waals surface area contributed by atoms with Crippen LogP contribution in [0.5, 0.6) is 0 Å². The number of para-hydroxylation sites is 1. The first-order chi connectivity index (χ1) is 12.9. The SMILES string of the molecule is CN(c1ccccc1)S(=O)(=O)c1cc(C(=O)Nc2ccccn2)ccc1Cl. The van der Waals surface area contributed by atoms with Crippen LogP contribution in [0.15, 0.2) is 77.8 Å². The van der Waals surface area contributed by atoms with Crippen molar-refractivity contribution in [2.45, 2.75) is 4.90 Å². The van der Waals surface area contributed by atoms with Crippen LogP contribution in [-0.4, -0.2) is 26.4 Å². The summed E-state index contributed by atoms with van der Waals surface area (Å²) in [6.45, 7) is 0. The average Bonchev–Trinajstić information content (AvgIpc) is 2.69. The lowest BCUT2D eigenvalue weighted by molar-refractivity contribution is 0.102. The van der Waals surface area contributed by atoms with E-state index in [1.54, 1.807) is 54.7 Å². The van der Waals surface area contributed by atoms with Gasteiger partial charge < -0.3 is 5.32 Å². The Morgan fingerprint density at radius 1 is 1.04 bits per heavy atom. The van der Waals surface area contributed by atoms with E-state index in [1.807, 2.05) is 0 Å². The zero-order valence-electron chi connectivity index (χ0n) is 14.3. The van der Waals surface area contributed by atoms with Crippen molar-refractivity contribution in [3.05, 3.63) is 83.5 Å². The third-order valence-corrected chi connectivity index (χ3v) is 6.13. The topological polar surface area (TPSA) is 79.4 Å². The van der Waals surface area contributed by atoms with Crippen LogP contribution < -0.4 is 9.62 Å². The minimum absolute atomic E-state index is 0.0344. The van der Waals surface area contributed by atoms with E-state index in [0.717, 1.165) is 4.31 Å². The number of halogens is 1. The zero-order valence-corrected chi connectivity index (χ0v) is 15.9. The fraction of sp³-hybridized carbons (Fsp3) is 0.0526. The molecular formula is C19H16ClN3O3S. The van der Waals surface area contributed by atoms with Crippen LogP contribution in [0.2, 0.25) is 5.02 Å². The predicted molar refractivity (Wildman–Crippen MR) is 106 cm³/mol. The summed E-state index contributed by atoms with van der Waals surface area (Å²) in [5.41, 5.74) is 0.641. The quantitative estimate of drug-likeness (QED) is 0.705. The Balaban J connectivity index is 1.94. The van der Waals surface area contributed by atoms with Crippen LogP contribution in [0.4, 0.5) is 11.5 Å². The largest absolute Gasteiger partial charge is 0.307 e. The van der Waals surface area contributed by atoms with E-state index < -0.39 is 15.9 Å². The van der Waals surface area contributed by atoms with Crippen molar-refractivity contribution in [3.8, 4) is 0 Å². The van der Waals surface area contributed by atoms with Gasteiger partial charge >= 0.3 is 0 Å². The van der Waals surface area contributed by atoms with Gasteiger partial charge in [0.05, 0.1) is 10.7 Å². The molecular weight excluding hydrogens is 386 g/mol. The maximum absolute atomic E-state index is 13.0. The zero-order chi connectivity index (χ0) is 19.4. The molecule has 3 rings (SSSR count). The molecule has 27 heavy (non-hydrogen) atoms. The number of aromatic nitrogens is 1. The molecule has 0 atom stereocenters. The number of rotatable bonds is 5. The van der Waals surface area contributed by atoms with Crippen molar-refractivity contribution in [2.24, 2.45) is 0 Å². The number of amides is 1. The minimum Gasteiger partial charge on any atom is -0.307 e. The molecule has 3 aromatic rings. The molecule has 138 valence electrons. The maximum atomic E-state index is 13.0. The molecule has 0 saturated carbocycles. The van der Waals surface area contributed by atoms with Crippen molar-refractivity contribution in [3.63, 3.8) is 0 Å². The number of hydrogen-bond acceptors (Lipinski definition) is 4. The Bertz CT molecular complexity index is 1060. The molecule has 1 aromatic heterocycles. The lowest BCUT2D eigenvalue weighted by atomic mass is 10.2. The molecule has 1 amide bonds. The van der Waals surface area contributed by atoms with E-state index >= 15 is 0 Å². The summed E-state index contributed by atoms with van der Waals surface area (Å²) in [4.78, 5) is 16.3. The van der Waals surface area contributed by atoms with E-state index in [2.05, 4.69) is 10.3 Å². The lowest BCUT2D eigenvalue weighted by Crippen LogP contribution is -2.27.